The van der Waals surface area contributed by atoms with E-state index in [0.29, 0.717) is 50.7 Å². The predicted octanol–water partition coefficient (Wildman–Crippen LogP) is 7.75. The number of terminal acetylenes is 1. The first kappa shape index (κ1) is 41.9. The van der Waals surface area contributed by atoms with Crippen LogP contribution in [0.15, 0.2) is 24.3 Å². The zero-order valence-electron chi connectivity index (χ0n) is 33.3. The molecule has 0 bridgehead atoms. The fourth-order valence-electron chi connectivity index (χ4n) is 8.31. The van der Waals surface area contributed by atoms with Gasteiger partial charge in [0.15, 0.2) is 5.82 Å². The molecule has 2 amide bonds. The molecule has 3 fully saturated rings. The number of aromatic nitrogens is 3. The first-order chi connectivity index (χ1) is 28.1. The number of pyridine rings is 1. The Morgan fingerprint density at radius 1 is 1.07 bits per heavy atom. The number of phenolic OH excluding ortho intramolecular Hbond substituents is 1. The molecule has 3 unspecified atom stereocenters. The Kier molecular flexibility index (Phi) is 11.7. The number of rotatable bonds is 11. The van der Waals surface area contributed by atoms with Gasteiger partial charge in [-0.3, -0.25) is 0 Å². The van der Waals surface area contributed by atoms with Crippen LogP contribution in [0, 0.1) is 29.4 Å². The lowest BCUT2D eigenvalue weighted by Gasteiger charge is -2.47. The zero-order valence-corrected chi connectivity index (χ0v) is 33.3. The minimum absolute atomic E-state index is 0.0217. The van der Waals surface area contributed by atoms with Crippen molar-refractivity contribution in [2.24, 2.45) is 5.41 Å². The second kappa shape index (κ2) is 16.4. The number of nitrogens with one attached hydrogen (secondary N) is 1. The van der Waals surface area contributed by atoms with Crippen LogP contribution >= 0.6 is 0 Å². The van der Waals surface area contributed by atoms with Crippen molar-refractivity contribution >= 4 is 33.5 Å². The van der Waals surface area contributed by atoms with Gasteiger partial charge in [-0.15, -0.1) is 6.42 Å². The highest BCUT2D eigenvalue weighted by Gasteiger charge is 2.46. The van der Waals surface area contributed by atoms with Crippen molar-refractivity contribution < 1.29 is 45.7 Å². The van der Waals surface area contributed by atoms with Gasteiger partial charge in [0.05, 0.1) is 31.4 Å². The Morgan fingerprint density at radius 3 is 2.34 bits per heavy atom. The number of anilines is 1. The second-order valence-corrected chi connectivity index (χ2v) is 15.9. The van der Waals surface area contributed by atoms with E-state index in [9.17, 15) is 27.5 Å². The number of likely N-dealkylation sites (tertiary alicyclic amines) is 1. The number of hydrogen-bond acceptors (Lipinski definition) is 9. The van der Waals surface area contributed by atoms with E-state index >= 15 is 8.78 Å². The average molecular weight is 828 g/mol. The van der Waals surface area contributed by atoms with Gasteiger partial charge in [0.25, 0.3) is 0 Å². The standard InChI is InChI=1S/C42H47F6N7O4/c1-6-26-19-54(20-27(7-2)55(26)40(57)49-23(4)42(46,47)48)37-33-36(51-39(52-37)59-22-41(13-14-41)21-53-15-11-25(43)12-16-53)34(45)35(50-38(33)58-5)30-18-28(56)17-24-9-10-31(44)29(8-3)32(24)30/h3,9-10,17-18,23,25-27,56H,6-7,11-16,19-22H2,1-2,4-5H3,(H,49,57). The largest absolute Gasteiger partial charge is 0.508 e. The van der Waals surface area contributed by atoms with E-state index in [1.165, 1.54) is 30.2 Å². The van der Waals surface area contributed by atoms with Crippen LogP contribution in [0.4, 0.5) is 37.0 Å². The number of ether oxygens (including phenoxy) is 2. The molecule has 4 heterocycles. The fraction of sp³-hybridized carbons (Fsp3) is 0.524. The molecule has 2 saturated heterocycles. The molecule has 3 atom stereocenters. The number of carbonyl (C=O) groups is 1. The lowest BCUT2D eigenvalue weighted by molar-refractivity contribution is -0.149. The summed E-state index contributed by atoms with van der Waals surface area (Å²) in [7, 11) is 1.32. The van der Waals surface area contributed by atoms with Crippen molar-refractivity contribution in [1.82, 2.24) is 30.1 Å². The summed E-state index contributed by atoms with van der Waals surface area (Å²) in [6, 6.07) is 0.859. The molecular formula is C42H47F6N7O4. The smallest absolute Gasteiger partial charge is 0.408 e. The van der Waals surface area contributed by atoms with E-state index in [-0.39, 0.29) is 81.7 Å². The van der Waals surface area contributed by atoms with Crippen LogP contribution in [-0.4, -0.2) is 113 Å². The van der Waals surface area contributed by atoms with E-state index in [2.05, 4.69) is 26.1 Å². The summed E-state index contributed by atoms with van der Waals surface area (Å²) in [6.45, 7) is 6.82. The Bertz CT molecular complexity index is 2260. The van der Waals surface area contributed by atoms with Crippen LogP contribution in [0.3, 0.4) is 0 Å². The number of urea groups is 1. The average Bonchev–Trinajstić information content (AvgIpc) is 3.98. The molecule has 11 nitrogen and oxygen atoms in total. The minimum atomic E-state index is -4.64. The number of benzene rings is 2. The van der Waals surface area contributed by atoms with Crippen LogP contribution in [0.2, 0.25) is 0 Å². The zero-order chi connectivity index (χ0) is 42.4. The molecule has 4 aromatic rings. The van der Waals surface area contributed by atoms with E-state index in [4.69, 9.17) is 20.9 Å². The topological polar surface area (TPSA) is 116 Å². The van der Waals surface area contributed by atoms with Crippen molar-refractivity contribution in [2.45, 2.75) is 89.8 Å². The fourth-order valence-corrected chi connectivity index (χ4v) is 8.31. The summed E-state index contributed by atoms with van der Waals surface area (Å²) < 4.78 is 99.0. The number of halogens is 6. The van der Waals surface area contributed by atoms with Crippen LogP contribution in [0.25, 0.3) is 32.9 Å². The van der Waals surface area contributed by atoms with Crippen molar-refractivity contribution in [3.05, 3.63) is 41.5 Å². The molecule has 59 heavy (non-hydrogen) atoms. The van der Waals surface area contributed by atoms with Crippen LogP contribution in [0.1, 0.15) is 64.9 Å². The first-order valence-corrected chi connectivity index (χ1v) is 19.9. The number of piperazine rings is 1. The Balaban J connectivity index is 1.34. The van der Waals surface area contributed by atoms with Gasteiger partial charge in [-0.25, -0.2) is 22.9 Å². The monoisotopic (exact) mass is 827 g/mol. The van der Waals surface area contributed by atoms with Gasteiger partial charge in [-0.2, -0.15) is 23.1 Å². The van der Waals surface area contributed by atoms with Crippen LogP contribution < -0.4 is 19.7 Å². The third kappa shape index (κ3) is 8.33. The molecule has 17 heteroatoms. The number of fused-ring (bicyclic) bond motifs is 2. The third-order valence-electron chi connectivity index (χ3n) is 11.9. The molecule has 7 rings (SSSR count). The number of carbonyl (C=O) groups excluding carboxylic acids is 1. The number of methoxy groups -OCH3 is 1. The van der Waals surface area contributed by atoms with Gasteiger partial charge < -0.3 is 34.6 Å². The maximum absolute atomic E-state index is 17.4. The summed E-state index contributed by atoms with van der Waals surface area (Å²) in [4.78, 5) is 32.8. The highest BCUT2D eigenvalue weighted by Crippen LogP contribution is 2.48. The minimum Gasteiger partial charge on any atom is -0.508 e. The Labute approximate surface area is 338 Å². The van der Waals surface area contributed by atoms with Gasteiger partial charge in [0.2, 0.25) is 5.88 Å². The SMILES string of the molecule is C#Cc1c(F)ccc2cc(O)cc(-c3nc(OC)c4c(N5CC(CC)N(C(=O)NC(C)C(F)(F)F)C(CC)C5)nc(OCC5(CN6CCC(F)CC6)CC5)nc4c3F)c12. The van der Waals surface area contributed by atoms with E-state index in [1.54, 1.807) is 0 Å². The molecule has 316 valence electrons. The third-order valence-corrected chi connectivity index (χ3v) is 11.9. The molecule has 1 aliphatic carbocycles. The summed E-state index contributed by atoms with van der Waals surface area (Å²) in [6.07, 6.45) is 3.63. The lowest BCUT2D eigenvalue weighted by Crippen LogP contribution is -2.64. The molecule has 3 aliphatic rings. The van der Waals surface area contributed by atoms with Gasteiger partial charge in [0, 0.05) is 49.1 Å². The number of hydrogen-bond donors (Lipinski definition) is 2. The Hall–Kier alpha value is -5.24. The highest BCUT2D eigenvalue weighted by atomic mass is 19.4. The summed E-state index contributed by atoms with van der Waals surface area (Å²) in [5.74, 6) is 0.399. The van der Waals surface area contributed by atoms with Gasteiger partial charge in [-0.05, 0) is 69.0 Å². The lowest BCUT2D eigenvalue weighted by atomic mass is 9.95. The number of phenols is 1. The number of aromatic hydroxyl groups is 1. The quantitative estimate of drug-likeness (QED) is 0.116. The first-order valence-electron chi connectivity index (χ1n) is 19.9. The predicted molar refractivity (Wildman–Crippen MR) is 210 cm³/mol. The molecule has 1 saturated carbocycles. The molecule has 0 radical (unpaired) electrons. The van der Waals surface area contributed by atoms with Crippen molar-refractivity contribution in [1.29, 1.82) is 0 Å². The number of nitrogens with zero attached hydrogens (tertiary/aromatic N) is 6. The molecule has 0 spiro atoms. The maximum atomic E-state index is 17.4. The van der Waals surface area contributed by atoms with Gasteiger partial charge in [0.1, 0.15) is 46.2 Å². The number of piperidine rings is 1. The van der Waals surface area contributed by atoms with Crippen molar-refractivity contribution in [3.63, 3.8) is 0 Å². The molecule has 2 aliphatic heterocycles. The summed E-state index contributed by atoms with van der Waals surface area (Å²) in [5, 5.41) is 13.3. The summed E-state index contributed by atoms with van der Waals surface area (Å²) in [5.41, 5.74) is -1.05. The van der Waals surface area contributed by atoms with E-state index < -0.39 is 48.1 Å². The molecular weight excluding hydrogens is 780 g/mol. The normalized spacial score (nSPS) is 20.4. The van der Waals surface area contributed by atoms with Gasteiger partial charge >= 0.3 is 18.2 Å². The number of amides is 2. The van der Waals surface area contributed by atoms with E-state index in [0.717, 1.165) is 25.8 Å². The van der Waals surface area contributed by atoms with Crippen LogP contribution in [0.5, 0.6) is 17.6 Å². The highest BCUT2D eigenvalue weighted by molar-refractivity contribution is 6.04. The second-order valence-electron chi connectivity index (χ2n) is 15.9. The maximum Gasteiger partial charge on any atom is 0.408 e. The van der Waals surface area contributed by atoms with Crippen molar-refractivity contribution in [3.8, 4) is 41.2 Å². The molecule has 2 aromatic carbocycles. The number of alkyl halides is 4. The van der Waals surface area contributed by atoms with Gasteiger partial charge in [-0.1, -0.05) is 25.8 Å². The molecule has 2 N–H and O–H groups in total. The van der Waals surface area contributed by atoms with Crippen LogP contribution in [-0.2, 0) is 0 Å². The van der Waals surface area contributed by atoms with Crippen molar-refractivity contribution in [2.75, 3.05) is 51.3 Å². The molecule has 2 aromatic heterocycles. The van der Waals surface area contributed by atoms with E-state index in [1.807, 2.05) is 18.7 Å². The summed E-state index contributed by atoms with van der Waals surface area (Å²) >= 11 is 0. The Morgan fingerprint density at radius 2 is 1.75 bits per heavy atom.